The average Bonchev–Trinajstić information content (AvgIpc) is 2.73. The monoisotopic (exact) mass is 512 g/mol. The minimum Gasteiger partial charge on any atom is -0.456 e. The van der Waals surface area contributed by atoms with Gasteiger partial charge in [0.05, 0.1) is 12.2 Å². The van der Waals surface area contributed by atoms with E-state index in [1.807, 2.05) is 20.8 Å². The van der Waals surface area contributed by atoms with Crippen molar-refractivity contribution in [3.63, 3.8) is 0 Å². The Balaban J connectivity index is 2.16. The minimum absolute atomic E-state index is 0.118. The van der Waals surface area contributed by atoms with Gasteiger partial charge in [0.1, 0.15) is 11.6 Å². The molecule has 0 aromatic heterocycles. The molecule has 0 amide bonds. The fourth-order valence-corrected chi connectivity index (χ4v) is 5.00. The maximum Gasteiger partial charge on any atom is 0.303 e. The molecule has 1 aliphatic heterocycles. The molecule has 0 spiro atoms. The second kappa shape index (κ2) is 12.3. The zero-order valence-corrected chi connectivity index (χ0v) is 22.4. The van der Waals surface area contributed by atoms with E-state index in [0.717, 1.165) is 6.42 Å². The summed E-state index contributed by atoms with van der Waals surface area (Å²) in [7, 11) is 0. The van der Waals surface area contributed by atoms with E-state index in [1.54, 1.807) is 6.92 Å². The van der Waals surface area contributed by atoms with Gasteiger partial charge in [-0.05, 0) is 52.4 Å². The molecule has 0 aromatic carbocycles. The first-order chi connectivity index (χ1) is 16.6. The first-order valence-corrected chi connectivity index (χ1v) is 12.5. The topological polar surface area (TPSA) is 132 Å². The van der Waals surface area contributed by atoms with E-state index in [9.17, 15) is 24.0 Å². The minimum atomic E-state index is -1.18. The second-order valence-corrected chi connectivity index (χ2v) is 10.7. The Hall–Kier alpha value is -2.33. The van der Waals surface area contributed by atoms with E-state index in [1.165, 1.54) is 20.8 Å². The maximum atomic E-state index is 13.1. The Morgan fingerprint density at radius 2 is 1.56 bits per heavy atom. The van der Waals surface area contributed by atoms with Gasteiger partial charge in [0.15, 0.2) is 24.6 Å². The van der Waals surface area contributed by atoms with Gasteiger partial charge >= 0.3 is 17.9 Å². The molecule has 10 heteroatoms. The van der Waals surface area contributed by atoms with Gasteiger partial charge in [-0.2, -0.15) is 0 Å². The van der Waals surface area contributed by atoms with Gasteiger partial charge in [-0.25, -0.2) is 0 Å². The highest BCUT2D eigenvalue weighted by Gasteiger charge is 2.51. The first-order valence-electron chi connectivity index (χ1n) is 12.5. The molecule has 6 atom stereocenters. The summed E-state index contributed by atoms with van der Waals surface area (Å²) in [5.41, 5.74) is -1.32. The average molecular weight is 513 g/mol. The smallest absolute Gasteiger partial charge is 0.303 e. The quantitative estimate of drug-likeness (QED) is 0.318. The molecule has 1 saturated heterocycles. The normalized spacial score (nSPS) is 30.9. The fraction of sp³-hybridized carbons (Fsp3) is 0.808. The van der Waals surface area contributed by atoms with Crippen molar-refractivity contribution in [2.24, 2.45) is 11.3 Å². The summed E-state index contributed by atoms with van der Waals surface area (Å²) in [4.78, 5) is 59.6. The standard InChI is InChI=1S/C26H40O10/c1-15(27)9-8-11-26(7)12-10-19(13-21(26)31)25(5,6)36-24-23(35-18(4)30)22(34-17(3)29)20(14-32-24)33-16(2)28/h19-20,22-24H,8-14H2,1-7H3. The van der Waals surface area contributed by atoms with Crippen LogP contribution in [0.15, 0.2) is 0 Å². The number of carbonyl (C=O) groups excluding carboxylic acids is 5. The van der Waals surface area contributed by atoms with Crippen LogP contribution in [-0.4, -0.2) is 66.3 Å². The van der Waals surface area contributed by atoms with Gasteiger partial charge in [-0.3, -0.25) is 19.2 Å². The Morgan fingerprint density at radius 1 is 0.972 bits per heavy atom. The van der Waals surface area contributed by atoms with Crippen molar-refractivity contribution in [2.75, 3.05) is 6.61 Å². The van der Waals surface area contributed by atoms with Crippen LogP contribution in [-0.2, 0) is 47.7 Å². The Labute approximate surface area is 212 Å². The van der Waals surface area contributed by atoms with Crippen LogP contribution >= 0.6 is 0 Å². The van der Waals surface area contributed by atoms with E-state index < -0.39 is 53.5 Å². The predicted molar refractivity (Wildman–Crippen MR) is 127 cm³/mol. The molecule has 1 saturated carbocycles. The summed E-state index contributed by atoms with van der Waals surface area (Å²) in [6.07, 6.45) is -0.876. The third-order valence-electron chi connectivity index (χ3n) is 7.11. The van der Waals surface area contributed by atoms with Crippen LogP contribution in [0.4, 0.5) is 0 Å². The molecule has 2 rings (SSSR count). The van der Waals surface area contributed by atoms with Gasteiger partial charge in [0.25, 0.3) is 0 Å². The number of esters is 3. The van der Waals surface area contributed by atoms with Crippen molar-refractivity contribution in [1.82, 2.24) is 0 Å². The SMILES string of the molecule is CC(=O)CCCC1(C)CCC(C(C)(C)OC2OCC(OC(C)=O)C(OC(C)=O)C2OC(C)=O)CC1=O. The highest BCUT2D eigenvalue weighted by Crippen LogP contribution is 2.44. The first kappa shape index (κ1) is 29.9. The molecule has 36 heavy (non-hydrogen) atoms. The third-order valence-corrected chi connectivity index (χ3v) is 7.11. The van der Waals surface area contributed by atoms with E-state index in [-0.39, 0.29) is 24.1 Å². The summed E-state index contributed by atoms with van der Waals surface area (Å²) < 4.78 is 28.1. The van der Waals surface area contributed by atoms with Crippen molar-refractivity contribution in [3.8, 4) is 0 Å². The highest BCUT2D eigenvalue weighted by atomic mass is 16.7. The molecule has 2 aliphatic rings. The molecule has 1 aliphatic carbocycles. The van der Waals surface area contributed by atoms with Crippen LogP contribution in [0.25, 0.3) is 0 Å². The predicted octanol–water partition coefficient (Wildman–Crippen LogP) is 3.07. The third kappa shape index (κ3) is 8.09. The number of hydrogen-bond donors (Lipinski definition) is 0. The summed E-state index contributed by atoms with van der Waals surface area (Å²) in [6, 6.07) is 0. The Bertz CT molecular complexity index is 850. The van der Waals surface area contributed by atoms with E-state index in [0.29, 0.717) is 32.1 Å². The van der Waals surface area contributed by atoms with Crippen LogP contribution in [0.3, 0.4) is 0 Å². The fourth-order valence-electron chi connectivity index (χ4n) is 5.00. The van der Waals surface area contributed by atoms with Crippen molar-refractivity contribution >= 4 is 29.5 Å². The maximum absolute atomic E-state index is 13.1. The van der Waals surface area contributed by atoms with Gasteiger partial charge in [0.2, 0.25) is 0 Å². The molecule has 6 unspecified atom stereocenters. The molecule has 10 nitrogen and oxygen atoms in total. The van der Waals surface area contributed by atoms with E-state index in [4.69, 9.17) is 23.7 Å². The summed E-state index contributed by atoms with van der Waals surface area (Å²) in [5.74, 6) is -1.78. The molecule has 204 valence electrons. The molecule has 0 bridgehead atoms. The lowest BCUT2D eigenvalue weighted by atomic mass is 9.65. The second-order valence-electron chi connectivity index (χ2n) is 10.7. The van der Waals surface area contributed by atoms with Crippen LogP contribution in [0.5, 0.6) is 0 Å². The molecular weight excluding hydrogens is 472 g/mol. The van der Waals surface area contributed by atoms with Crippen LogP contribution < -0.4 is 0 Å². The van der Waals surface area contributed by atoms with Crippen LogP contribution in [0, 0.1) is 11.3 Å². The number of rotatable bonds is 10. The van der Waals surface area contributed by atoms with E-state index in [2.05, 4.69) is 0 Å². The summed E-state index contributed by atoms with van der Waals surface area (Å²) in [6.45, 7) is 10.7. The van der Waals surface area contributed by atoms with Gasteiger partial charge < -0.3 is 28.5 Å². The number of hydrogen-bond acceptors (Lipinski definition) is 10. The van der Waals surface area contributed by atoms with Crippen LogP contribution in [0.2, 0.25) is 0 Å². The molecule has 0 radical (unpaired) electrons. The number of ketones is 2. The van der Waals surface area contributed by atoms with Gasteiger partial charge in [0, 0.05) is 39.0 Å². The van der Waals surface area contributed by atoms with Crippen molar-refractivity contribution in [3.05, 3.63) is 0 Å². The Kier molecular flexibility index (Phi) is 10.2. The van der Waals surface area contributed by atoms with Gasteiger partial charge in [-0.15, -0.1) is 0 Å². The largest absolute Gasteiger partial charge is 0.456 e. The van der Waals surface area contributed by atoms with Crippen molar-refractivity contribution in [2.45, 2.75) is 117 Å². The highest BCUT2D eigenvalue weighted by molar-refractivity contribution is 5.85. The molecule has 2 fully saturated rings. The molecule has 0 N–H and O–H groups in total. The van der Waals surface area contributed by atoms with Crippen molar-refractivity contribution in [1.29, 1.82) is 0 Å². The van der Waals surface area contributed by atoms with Gasteiger partial charge in [-0.1, -0.05) is 6.92 Å². The number of ether oxygens (including phenoxy) is 5. The lowest BCUT2D eigenvalue weighted by molar-refractivity contribution is -0.309. The van der Waals surface area contributed by atoms with Crippen molar-refractivity contribution < 1.29 is 47.7 Å². The molecule has 1 heterocycles. The zero-order valence-electron chi connectivity index (χ0n) is 22.4. The lowest BCUT2D eigenvalue weighted by Crippen LogP contribution is -2.60. The lowest BCUT2D eigenvalue weighted by Gasteiger charge is -2.46. The Morgan fingerprint density at radius 3 is 2.08 bits per heavy atom. The molecular formula is C26H40O10. The van der Waals surface area contributed by atoms with Crippen LogP contribution in [0.1, 0.15) is 87.0 Å². The number of Topliss-reactive ketones (excluding diaryl/α,β-unsaturated/α-hetero) is 2. The zero-order chi connectivity index (χ0) is 27.3. The van der Waals surface area contributed by atoms with E-state index >= 15 is 0 Å². The molecule has 0 aromatic rings. The number of carbonyl (C=O) groups is 5. The summed E-state index contributed by atoms with van der Waals surface area (Å²) in [5, 5.41) is 0. The summed E-state index contributed by atoms with van der Waals surface area (Å²) >= 11 is 0.